The minimum absolute atomic E-state index is 0.379. The Bertz CT molecular complexity index is 1040. The Balaban J connectivity index is 1.57. The highest BCUT2D eigenvalue weighted by atomic mass is 32.1. The van der Waals surface area contributed by atoms with Gasteiger partial charge >= 0.3 is 0 Å². The van der Waals surface area contributed by atoms with E-state index in [1.807, 2.05) is 32.3 Å². The molecule has 0 aromatic carbocycles. The zero-order valence-corrected chi connectivity index (χ0v) is 17.0. The van der Waals surface area contributed by atoms with Gasteiger partial charge in [-0.3, -0.25) is 0 Å². The average molecular weight is 408 g/mol. The molecular weight excluding hydrogens is 388 g/mol. The number of nitrogens with zero attached hydrogens (tertiary/aromatic N) is 6. The Morgan fingerprint density at radius 1 is 1.17 bits per heavy atom. The summed E-state index contributed by atoms with van der Waals surface area (Å²) in [6.45, 7) is 5.08. The third-order valence-corrected chi connectivity index (χ3v) is 5.68. The number of ether oxygens (including phenoxy) is 1. The molecule has 3 aromatic heterocycles. The predicted molar refractivity (Wildman–Crippen MR) is 113 cm³/mol. The molecule has 4 heterocycles. The lowest BCUT2D eigenvalue weighted by atomic mass is 10.2. The van der Waals surface area contributed by atoms with Crippen LogP contribution in [0.3, 0.4) is 0 Å². The zero-order valence-electron chi connectivity index (χ0n) is 16.1. The summed E-state index contributed by atoms with van der Waals surface area (Å²) in [6.07, 6.45) is 3.34. The molecular formula is C19H20N8OS. The van der Waals surface area contributed by atoms with Gasteiger partial charge in [-0.2, -0.15) is 5.26 Å². The molecule has 29 heavy (non-hydrogen) atoms. The monoisotopic (exact) mass is 408 g/mol. The minimum atomic E-state index is 0.379. The van der Waals surface area contributed by atoms with Gasteiger partial charge in [-0.1, -0.05) is 11.3 Å². The number of hydrogen-bond acceptors (Lipinski definition) is 10. The first-order valence-corrected chi connectivity index (χ1v) is 9.98. The van der Waals surface area contributed by atoms with Gasteiger partial charge in [0.05, 0.1) is 47.4 Å². The molecule has 1 saturated heterocycles. The standard InChI is InChI=1S/C19H20N8OS/c1-12-17(29-19(21-2)24-12)16-13(9-20)10-23-18(26-16)25-15-4-3-14(11-22-15)27-5-7-28-8-6-27/h3-4,10-11H,5-8H2,1-2H3,(H,21,24)(H,22,23,25,26). The number of aromatic nitrogens is 4. The molecule has 0 radical (unpaired) electrons. The Morgan fingerprint density at radius 3 is 2.66 bits per heavy atom. The van der Waals surface area contributed by atoms with Gasteiger partial charge in [-0.15, -0.1) is 0 Å². The Morgan fingerprint density at radius 2 is 2.00 bits per heavy atom. The van der Waals surface area contributed by atoms with Crippen molar-refractivity contribution in [3.8, 4) is 16.6 Å². The van der Waals surface area contributed by atoms with Gasteiger partial charge in [0, 0.05) is 20.1 Å². The van der Waals surface area contributed by atoms with Crippen molar-refractivity contribution in [3.05, 3.63) is 35.8 Å². The Labute approximate surface area is 172 Å². The van der Waals surface area contributed by atoms with E-state index in [0.717, 1.165) is 47.7 Å². The fourth-order valence-corrected chi connectivity index (χ4v) is 3.93. The zero-order chi connectivity index (χ0) is 20.2. The van der Waals surface area contributed by atoms with Crippen molar-refractivity contribution in [1.29, 1.82) is 5.26 Å². The highest BCUT2D eigenvalue weighted by Crippen LogP contribution is 2.33. The first-order valence-electron chi connectivity index (χ1n) is 9.16. The maximum Gasteiger partial charge on any atom is 0.229 e. The molecule has 0 unspecified atom stereocenters. The summed E-state index contributed by atoms with van der Waals surface area (Å²) in [5.41, 5.74) is 2.83. The van der Waals surface area contributed by atoms with Crippen molar-refractivity contribution in [2.75, 3.05) is 48.9 Å². The van der Waals surface area contributed by atoms with E-state index >= 15 is 0 Å². The van der Waals surface area contributed by atoms with E-state index < -0.39 is 0 Å². The lowest BCUT2D eigenvalue weighted by molar-refractivity contribution is 0.122. The number of rotatable bonds is 5. The lowest BCUT2D eigenvalue weighted by Crippen LogP contribution is -2.36. The molecule has 0 amide bonds. The summed E-state index contributed by atoms with van der Waals surface area (Å²) in [4.78, 5) is 20.8. The van der Waals surface area contributed by atoms with Gasteiger partial charge < -0.3 is 20.3 Å². The van der Waals surface area contributed by atoms with Crippen molar-refractivity contribution in [3.63, 3.8) is 0 Å². The van der Waals surface area contributed by atoms with E-state index in [0.29, 0.717) is 23.0 Å². The van der Waals surface area contributed by atoms with E-state index in [9.17, 15) is 5.26 Å². The summed E-state index contributed by atoms with van der Waals surface area (Å²) in [7, 11) is 1.81. The van der Waals surface area contributed by atoms with Gasteiger partial charge in [0.15, 0.2) is 5.13 Å². The van der Waals surface area contributed by atoms with E-state index in [4.69, 9.17) is 4.74 Å². The molecule has 4 rings (SSSR count). The third-order valence-electron chi connectivity index (χ3n) is 4.50. The molecule has 1 aliphatic rings. The topological polar surface area (TPSA) is 112 Å². The van der Waals surface area contributed by atoms with Crippen LogP contribution in [0.2, 0.25) is 0 Å². The summed E-state index contributed by atoms with van der Waals surface area (Å²) in [5, 5.41) is 16.4. The number of pyridine rings is 1. The minimum Gasteiger partial charge on any atom is -0.378 e. The number of nitrogens with one attached hydrogen (secondary N) is 2. The van der Waals surface area contributed by atoms with E-state index in [2.05, 4.69) is 41.5 Å². The molecule has 10 heteroatoms. The molecule has 148 valence electrons. The van der Waals surface area contributed by atoms with Gasteiger partial charge in [0.1, 0.15) is 17.6 Å². The molecule has 0 saturated carbocycles. The van der Waals surface area contributed by atoms with Crippen LogP contribution in [0.15, 0.2) is 24.5 Å². The molecule has 0 bridgehead atoms. The van der Waals surface area contributed by atoms with Crippen LogP contribution in [0.5, 0.6) is 0 Å². The van der Waals surface area contributed by atoms with Crippen molar-refractivity contribution in [2.45, 2.75) is 6.92 Å². The largest absolute Gasteiger partial charge is 0.378 e. The second kappa shape index (κ2) is 8.38. The van der Waals surface area contributed by atoms with Crippen molar-refractivity contribution < 1.29 is 4.74 Å². The first-order chi connectivity index (χ1) is 14.2. The van der Waals surface area contributed by atoms with Crippen LogP contribution in [0.25, 0.3) is 10.6 Å². The number of thiazole rings is 1. The SMILES string of the molecule is CNc1nc(C)c(-c2nc(Nc3ccc(N4CCOCC4)cn3)ncc2C#N)s1. The average Bonchev–Trinajstić information content (AvgIpc) is 3.15. The van der Waals surface area contributed by atoms with Gasteiger partial charge in [0.25, 0.3) is 0 Å². The van der Waals surface area contributed by atoms with Gasteiger partial charge in [-0.05, 0) is 19.1 Å². The number of nitriles is 1. The summed E-state index contributed by atoms with van der Waals surface area (Å²) in [5.74, 6) is 1.01. The van der Waals surface area contributed by atoms with Crippen LogP contribution in [0, 0.1) is 18.3 Å². The number of hydrogen-bond donors (Lipinski definition) is 2. The van der Waals surface area contributed by atoms with Crippen LogP contribution >= 0.6 is 11.3 Å². The summed E-state index contributed by atoms with van der Waals surface area (Å²) in [6, 6.07) is 6.06. The Kier molecular flexibility index (Phi) is 5.50. The van der Waals surface area contributed by atoms with E-state index in [1.165, 1.54) is 17.5 Å². The smallest absolute Gasteiger partial charge is 0.229 e. The molecule has 1 aliphatic heterocycles. The first kappa shape index (κ1) is 19.0. The molecule has 9 nitrogen and oxygen atoms in total. The number of aryl methyl sites for hydroxylation is 1. The van der Waals surface area contributed by atoms with Crippen LogP contribution in [-0.4, -0.2) is 53.3 Å². The molecule has 0 atom stereocenters. The number of morpholine rings is 1. The Hall–Kier alpha value is -3.29. The fourth-order valence-electron chi connectivity index (χ4n) is 3.00. The second-order valence-electron chi connectivity index (χ2n) is 6.38. The van der Waals surface area contributed by atoms with Crippen LogP contribution in [0.4, 0.5) is 22.6 Å². The summed E-state index contributed by atoms with van der Waals surface area (Å²) < 4.78 is 5.39. The fraction of sp³-hybridized carbons (Fsp3) is 0.316. The lowest BCUT2D eigenvalue weighted by Gasteiger charge is -2.28. The molecule has 1 fully saturated rings. The third kappa shape index (κ3) is 4.11. The second-order valence-corrected chi connectivity index (χ2v) is 7.38. The van der Waals surface area contributed by atoms with Crippen molar-refractivity contribution in [2.24, 2.45) is 0 Å². The van der Waals surface area contributed by atoms with Crippen LogP contribution in [-0.2, 0) is 4.74 Å². The van der Waals surface area contributed by atoms with E-state index in [1.54, 1.807) is 0 Å². The van der Waals surface area contributed by atoms with E-state index in [-0.39, 0.29) is 0 Å². The molecule has 2 N–H and O–H groups in total. The van der Waals surface area contributed by atoms with Gasteiger partial charge in [-0.25, -0.2) is 19.9 Å². The molecule has 3 aromatic rings. The van der Waals surface area contributed by atoms with Crippen molar-refractivity contribution >= 4 is 33.9 Å². The highest BCUT2D eigenvalue weighted by Gasteiger charge is 2.17. The summed E-state index contributed by atoms with van der Waals surface area (Å²) >= 11 is 1.45. The quantitative estimate of drug-likeness (QED) is 0.658. The van der Waals surface area contributed by atoms with Crippen LogP contribution < -0.4 is 15.5 Å². The maximum atomic E-state index is 9.46. The number of anilines is 4. The normalized spacial score (nSPS) is 13.8. The maximum absolute atomic E-state index is 9.46. The molecule has 0 aliphatic carbocycles. The van der Waals surface area contributed by atoms with Crippen LogP contribution in [0.1, 0.15) is 11.3 Å². The molecule has 0 spiro atoms. The predicted octanol–water partition coefficient (Wildman–Crippen LogP) is 2.80. The van der Waals surface area contributed by atoms with Crippen molar-refractivity contribution in [1.82, 2.24) is 19.9 Å². The highest BCUT2D eigenvalue weighted by molar-refractivity contribution is 7.19. The van der Waals surface area contributed by atoms with Gasteiger partial charge in [0.2, 0.25) is 5.95 Å².